The Bertz CT molecular complexity index is 1080. The number of thiocarbonyl (C=S) groups is 1. The van der Waals surface area contributed by atoms with Crippen LogP contribution in [0.3, 0.4) is 0 Å². The van der Waals surface area contributed by atoms with Gasteiger partial charge in [-0.2, -0.15) is 0 Å². The molecule has 0 radical (unpaired) electrons. The Morgan fingerprint density at radius 2 is 1.81 bits per heavy atom. The lowest BCUT2D eigenvalue weighted by molar-refractivity contribution is -0.130. The van der Waals surface area contributed by atoms with Gasteiger partial charge in [0.2, 0.25) is 5.91 Å². The second-order valence-electron chi connectivity index (χ2n) is 5.91. The molecule has 3 aromatic rings. The Morgan fingerprint density at radius 1 is 1.04 bits per heavy atom. The quantitative estimate of drug-likeness (QED) is 0.434. The van der Waals surface area contributed by atoms with Crippen molar-refractivity contribution >= 4 is 57.6 Å². The molecule has 132 valence electrons. The molecule has 0 spiro atoms. The minimum absolute atomic E-state index is 0.0627. The zero-order valence-corrected chi connectivity index (χ0v) is 14.9. The summed E-state index contributed by atoms with van der Waals surface area (Å²) in [6, 6.07) is 18.3. The number of nitrogens with one attached hydrogen (secondary N) is 1. The second kappa shape index (κ2) is 7.05. The smallest absolute Gasteiger partial charge is 0.251 e. The summed E-state index contributed by atoms with van der Waals surface area (Å²) in [5.41, 5.74) is 1.89. The summed E-state index contributed by atoms with van der Waals surface area (Å²) in [6.45, 7) is 0. The molecular formula is C20H14N4O2S. The monoisotopic (exact) mass is 374 g/mol. The van der Waals surface area contributed by atoms with Crippen LogP contribution in [0.15, 0.2) is 71.9 Å². The molecule has 0 aliphatic carbocycles. The highest BCUT2D eigenvalue weighted by Gasteiger charge is 2.38. The van der Waals surface area contributed by atoms with Gasteiger partial charge < -0.3 is 5.32 Å². The number of aromatic nitrogens is 1. The van der Waals surface area contributed by atoms with Gasteiger partial charge >= 0.3 is 0 Å². The van der Waals surface area contributed by atoms with Gasteiger partial charge in [-0.15, -0.1) is 0 Å². The number of para-hydroxylation sites is 2. The minimum Gasteiger partial charge on any atom is -0.301 e. The van der Waals surface area contributed by atoms with Crippen LogP contribution in [0.5, 0.6) is 0 Å². The molecule has 1 aliphatic rings. The van der Waals surface area contributed by atoms with E-state index >= 15 is 0 Å². The standard InChI is InChI=1S/C20H14N4O2S/c25-18-15(12-22-16-10-4-6-13-7-5-11-21-17(13)16)19(26)24(20(27)23-18)14-8-2-1-3-9-14/h1-12,15H,(H,23,25,27)/t15-/m1/s1. The van der Waals surface area contributed by atoms with E-state index in [-0.39, 0.29) is 5.11 Å². The number of pyridine rings is 1. The van der Waals surface area contributed by atoms with Gasteiger partial charge in [-0.25, -0.2) is 0 Å². The first kappa shape index (κ1) is 17.0. The number of nitrogens with zero attached hydrogens (tertiary/aromatic N) is 3. The van der Waals surface area contributed by atoms with E-state index in [2.05, 4.69) is 15.3 Å². The zero-order valence-electron chi connectivity index (χ0n) is 14.1. The highest BCUT2D eigenvalue weighted by Crippen LogP contribution is 2.24. The van der Waals surface area contributed by atoms with Crippen molar-refractivity contribution in [3.05, 3.63) is 66.9 Å². The highest BCUT2D eigenvalue weighted by atomic mass is 32.1. The third kappa shape index (κ3) is 3.20. The first-order valence-electron chi connectivity index (χ1n) is 8.27. The molecule has 1 saturated heterocycles. The first-order valence-corrected chi connectivity index (χ1v) is 8.68. The average molecular weight is 374 g/mol. The lowest BCUT2D eigenvalue weighted by Crippen LogP contribution is -2.58. The number of aliphatic imine (C=N–C) groups is 1. The molecule has 2 heterocycles. The van der Waals surface area contributed by atoms with Gasteiger partial charge in [0.25, 0.3) is 5.91 Å². The molecule has 1 fully saturated rings. The van der Waals surface area contributed by atoms with E-state index in [9.17, 15) is 9.59 Å². The Labute approximate surface area is 160 Å². The van der Waals surface area contributed by atoms with E-state index in [0.717, 1.165) is 5.39 Å². The van der Waals surface area contributed by atoms with Crippen LogP contribution in [-0.4, -0.2) is 28.1 Å². The fourth-order valence-corrected chi connectivity index (χ4v) is 3.19. The topological polar surface area (TPSA) is 74.7 Å². The van der Waals surface area contributed by atoms with Crippen molar-refractivity contribution in [2.24, 2.45) is 10.9 Å². The van der Waals surface area contributed by atoms with E-state index in [1.54, 1.807) is 36.5 Å². The number of fused-ring (bicyclic) bond motifs is 1. The molecule has 4 rings (SSSR count). The normalized spacial score (nSPS) is 17.6. The number of rotatable bonds is 3. The van der Waals surface area contributed by atoms with Crippen molar-refractivity contribution in [2.75, 3.05) is 4.90 Å². The van der Waals surface area contributed by atoms with Crippen LogP contribution in [0.4, 0.5) is 11.4 Å². The maximum Gasteiger partial charge on any atom is 0.251 e. The Hall–Kier alpha value is -3.45. The van der Waals surface area contributed by atoms with Crippen LogP contribution in [0.1, 0.15) is 0 Å². The second-order valence-corrected chi connectivity index (χ2v) is 6.30. The van der Waals surface area contributed by atoms with Gasteiger partial charge in [-0.1, -0.05) is 36.4 Å². The molecule has 6 nitrogen and oxygen atoms in total. The van der Waals surface area contributed by atoms with Crippen molar-refractivity contribution < 1.29 is 9.59 Å². The average Bonchev–Trinajstić information content (AvgIpc) is 2.68. The van der Waals surface area contributed by atoms with Gasteiger partial charge in [0, 0.05) is 17.8 Å². The lowest BCUT2D eigenvalue weighted by atomic mass is 10.1. The highest BCUT2D eigenvalue weighted by molar-refractivity contribution is 7.80. The minimum atomic E-state index is -1.07. The zero-order chi connectivity index (χ0) is 18.8. The molecule has 2 aromatic carbocycles. The van der Waals surface area contributed by atoms with E-state index in [4.69, 9.17) is 12.2 Å². The van der Waals surface area contributed by atoms with Crippen LogP contribution in [-0.2, 0) is 9.59 Å². The number of anilines is 1. The van der Waals surface area contributed by atoms with Crippen molar-refractivity contribution in [3.8, 4) is 0 Å². The van der Waals surface area contributed by atoms with Crippen LogP contribution in [0, 0.1) is 5.92 Å². The van der Waals surface area contributed by atoms with E-state index in [0.29, 0.717) is 16.9 Å². The SMILES string of the molecule is O=C1NC(=S)N(c2ccccc2)C(=O)[C@@H]1C=Nc1cccc2cccnc12. The van der Waals surface area contributed by atoms with Gasteiger partial charge in [0.1, 0.15) is 0 Å². The fourth-order valence-electron chi connectivity index (χ4n) is 2.89. The number of carbonyl (C=O) groups excluding carboxylic acids is 2. The summed E-state index contributed by atoms with van der Waals surface area (Å²) in [6.07, 6.45) is 3.02. The molecule has 1 aromatic heterocycles. The van der Waals surface area contributed by atoms with Crippen molar-refractivity contribution in [2.45, 2.75) is 0 Å². The molecule has 0 saturated carbocycles. The van der Waals surface area contributed by atoms with E-state index < -0.39 is 17.7 Å². The summed E-state index contributed by atoms with van der Waals surface area (Å²) < 4.78 is 0. The largest absolute Gasteiger partial charge is 0.301 e. The van der Waals surface area contributed by atoms with Gasteiger partial charge in [-0.3, -0.25) is 24.5 Å². The summed E-state index contributed by atoms with van der Waals surface area (Å²) >= 11 is 5.18. The molecule has 27 heavy (non-hydrogen) atoms. The van der Waals surface area contributed by atoms with Gasteiger partial charge in [0.05, 0.1) is 16.9 Å². The molecule has 2 amide bonds. The van der Waals surface area contributed by atoms with Crippen LogP contribution in [0.25, 0.3) is 10.9 Å². The van der Waals surface area contributed by atoms with Crippen LogP contribution in [0.2, 0.25) is 0 Å². The predicted octanol–water partition coefficient (Wildman–Crippen LogP) is 3.00. The third-order valence-electron chi connectivity index (χ3n) is 4.19. The summed E-state index contributed by atoms with van der Waals surface area (Å²) in [5, 5.41) is 3.56. The van der Waals surface area contributed by atoms with Gasteiger partial charge in [0.15, 0.2) is 11.0 Å². The lowest BCUT2D eigenvalue weighted by Gasteiger charge is -2.30. The Balaban J connectivity index is 1.68. The summed E-state index contributed by atoms with van der Waals surface area (Å²) in [4.78, 5) is 35.2. The Morgan fingerprint density at radius 3 is 2.63 bits per heavy atom. The number of hydrogen-bond donors (Lipinski definition) is 1. The number of carbonyl (C=O) groups is 2. The predicted molar refractivity (Wildman–Crippen MR) is 108 cm³/mol. The van der Waals surface area contributed by atoms with E-state index in [1.165, 1.54) is 11.1 Å². The maximum atomic E-state index is 12.9. The number of amides is 2. The van der Waals surface area contributed by atoms with Crippen molar-refractivity contribution in [1.82, 2.24) is 10.3 Å². The molecule has 7 heteroatoms. The first-order chi connectivity index (χ1) is 13.1. The third-order valence-corrected chi connectivity index (χ3v) is 4.48. The summed E-state index contributed by atoms with van der Waals surface area (Å²) in [5.74, 6) is -2.00. The molecule has 1 aliphatic heterocycles. The summed E-state index contributed by atoms with van der Waals surface area (Å²) in [7, 11) is 0. The molecule has 1 N–H and O–H groups in total. The molecule has 0 unspecified atom stereocenters. The number of benzene rings is 2. The number of hydrogen-bond acceptors (Lipinski definition) is 5. The Kier molecular flexibility index (Phi) is 4.43. The van der Waals surface area contributed by atoms with Crippen molar-refractivity contribution in [3.63, 3.8) is 0 Å². The van der Waals surface area contributed by atoms with Crippen LogP contribution < -0.4 is 10.2 Å². The van der Waals surface area contributed by atoms with Crippen molar-refractivity contribution in [1.29, 1.82) is 0 Å². The maximum absolute atomic E-state index is 12.9. The van der Waals surface area contributed by atoms with Gasteiger partial charge in [-0.05, 0) is 36.5 Å². The van der Waals surface area contributed by atoms with E-state index in [1.807, 2.05) is 30.3 Å². The molecule has 1 atom stereocenters. The molecule has 0 bridgehead atoms. The van der Waals surface area contributed by atoms with Crippen LogP contribution >= 0.6 is 12.2 Å². The molecular weight excluding hydrogens is 360 g/mol. The fraction of sp³-hybridized carbons (Fsp3) is 0.0500.